The molecule has 1 saturated heterocycles. The molecule has 2 aliphatic rings. The van der Waals surface area contributed by atoms with Gasteiger partial charge in [-0.1, -0.05) is 11.6 Å². The Morgan fingerprint density at radius 2 is 2.00 bits per heavy atom. The standard InChI is InChI=1S/C14H12ClN3O4/c1-22-12(20)10-6-14(17-16-10)7-11(19)18(13(14)21)9-4-2-8(15)3-5-9/h2-5,17H,6-7H2,1H3/t14-/m0/s1. The first-order valence-corrected chi connectivity index (χ1v) is 6.90. The Bertz CT molecular complexity index is 701. The molecule has 2 aliphatic heterocycles. The number of hydrogen-bond acceptors (Lipinski definition) is 6. The number of amides is 2. The third-order valence-corrected chi connectivity index (χ3v) is 3.95. The second-order valence-electron chi connectivity index (χ2n) is 5.11. The van der Waals surface area contributed by atoms with Crippen molar-refractivity contribution in [2.24, 2.45) is 5.10 Å². The Labute approximate surface area is 130 Å². The van der Waals surface area contributed by atoms with E-state index in [9.17, 15) is 14.4 Å². The molecule has 0 unspecified atom stereocenters. The molecule has 1 fully saturated rings. The van der Waals surface area contributed by atoms with Crippen LogP contribution in [0, 0.1) is 0 Å². The van der Waals surface area contributed by atoms with Crippen LogP contribution in [0.15, 0.2) is 29.4 Å². The quantitative estimate of drug-likeness (QED) is 0.645. The van der Waals surface area contributed by atoms with E-state index in [1.807, 2.05) is 0 Å². The van der Waals surface area contributed by atoms with Crippen LogP contribution in [-0.4, -0.2) is 36.1 Å². The molecular weight excluding hydrogens is 310 g/mol. The predicted molar refractivity (Wildman–Crippen MR) is 78.5 cm³/mol. The van der Waals surface area contributed by atoms with Crippen LogP contribution in [0.25, 0.3) is 0 Å². The summed E-state index contributed by atoms with van der Waals surface area (Å²) in [5.74, 6) is -1.42. The number of carbonyl (C=O) groups is 3. The highest BCUT2D eigenvalue weighted by molar-refractivity contribution is 6.39. The maximum absolute atomic E-state index is 12.7. The molecule has 1 atom stereocenters. The number of nitrogens with one attached hydrogen (secondary N) is 1. The largest absolute Gasteiger partial charge is 0.464 e. The first kappa shape index (κ1) is 14.5. The summed E-state index contributed by atoms with van der Waals surface area (Å²) in [7, 11) is 1.23. The topological polar surface area (TPSA) is 88.1 Å². The molecule has 3 rings (SSSR count). The van der Waals surface area contributed by atoms with Crippen molar-refractivity contribution in [3.05, 3.63) is 29.3 Å². The molecule has 2 amide bonds. The lowest BCUT2D eigenvalue weighted by atomic mass is 9.93. The van der Waals surface area contributed by atoms with Gasteiger partial charge in [-0.05, 0) is 24.3 Å². The summed E-state index contributed by atoms with van der Waals surface area (Å²) in [6.07, 6.45) is -0.0488. The number of halogens is 1. The number of nitrogens with zero attached hydrogens (tertiary/aromatic N) is 2. The Balaban J connectivity index is 1.87. The number of anilines is 1. The highest BCUT2D eigenvalue weighted by Crippen LogP contribution is 2.34. The van der Waals surface area contributed by atoms with Crippen LogP contribution in [0.4, 0.5) is 5.69 Å². The number of methoxy groups -OCH3 is 1. The number of hydrazone groups is 1. The molecule has 0 radical (unpaired) electrons. The second-order valence-corrected chi connectivity index (χ2v) is 5.54. The van der Waals surface area contributed by atoms with Crippen molar-refractivity contribution in [1.82, 2.24) is 5.43 Å². The van der Waals surface area contributed by atoms with Gasteiger partial charge in [0.1, 0.15) is 11.3 Å². The molecule has 1 spiro atoms. The molecule has 22 heavy (non-hydrogen) atoms. The van der Waals surface area contributed by atoms with Crippen LogP contribution in [-0.2, 0) is 19.1 Å². The number of esters is 1. The van der Waals surface area contributed by atoms with Gasteiger partial charge in [-0.15, -0.1) is 0 Å². The molecular formula is C14H12ClN3O4. The van der Waals surface area contributed by atoms with E-state index in [1.165, 1.54) is 7.11 Å². The molecule has 2 heterocycles. The van der Waals surface area contributed by atoms with Crippen LogP contribution in [0.1, 0.15) is 12.8 Å². The predicted octanol–water partition coefficient (Wildman–Crippen LogP) is 0.864. The smallest absolute Gasteiger partial charge is 0.354 e. The minimum absolute atomic E-state index is 0.0222. The fraction of sp³-hybridized carbons (Fsp3) is 0.286. The second kappa shape index (κ2) is 5.10. The lowest BCUT2D eigenvalue weighted by molar-refractivity contribution is -0.132. The Kier molecular flexibility index (Phi) is 3.37. The van der Waals surface area contributed by atoms with Crippen molar-refractivity contribution in [3.63, 3.8) is 0 Å². The molecule has 8 heteroatoms. The fourth-order valence-electron chi connectivity index (χ4n) is 2.59. The van der Waals surface area contributed by atoms with Gasteiger partial charge in [0.25, 0.3) is 5.91 Å². The van der Waals surface area contributed by atoms with E-state index in [0.29, 0.717) is 10.7 Å². The third-order valence-electron chi connectivity index (χ3n) is 3.69. The summed E-state index contributed by atoms with van der Waals surface area (Å²) >= 11 is 5.81. The van der Waals surface area contributed by atoms with Crippen molar-refractivity contribution >= 4 is 40.8 Å². The summed E-state index contributed by atoms with van der Waals surface area (Å²) in [6, 6.07) is 6.38. The molecule has 0 aromatic heterocycles. The van der Waals surface area contributed by atoms with Gasteiger partial charge in [0.2, 0.25) is 5.91 Å². The zero-order valence-corrected chi connectivity index (χ0v) is 12.4. The highest BCUT2D eigenvalue weighted by Gasteiger charge is 2.56. The van der Waals surface area contributed by atoms with Gasteiger partial charge >= 0.3 is 5.97 Å². The molecule has 0 bridgehead atoms. The maximum atomic E-state index is 12.7. The van der Waals surface area contributed by atoms with E-state index in [1.54, 1.807) is 24.3 Å². The van der Waals surface area contributed by atoms with Crippen molar-refractivity contribution in [2.45, 2.75) is 18.4 Å². The monoisotopic (exact) mass is 321 g/mol. The molecule has 0 aliphatic carbocycles. The van der Waals surface area contributed by atoms with E-state index < -0.39 is 17.4 Å². The molecule has 7 nitrogen and oxygen atoms in total. The Morgan fingerprint density at radius 1 is 1.32 bits per heavy atom. The van der Waals surface area contributed by atoms with Gasteiger partial charge in [0, 0.05) is 11.4 Å². The fourth-order valence-corrected chi connectivity index (χ4v) is 2.72. The first-order chi connectivity index (χ1) is 10.5. The Hall–Kier alpha value is -2.41. The molecule has 0 saturated carbocycles. The van der Waals surface area contributed by atoms with E-state index >= 15 is 0 Å². The number of benzene rings is 1. The summed E-state index contributed by atoms with van der Waals surface area (Å²) in [4.78, 5) is 37.5. The van der Waals surface area contributed by atoms with Crippen molar-refractivity contribution in [3.8, 4) is 0 Å². The van der Waals surface area contributed by atoms with Gasteiger partial charge in [0.05, 0.1) is 19.2 Å². The highest BCUT2D eigenvalue weighted by atomic mass is 35.5. The minimum atomic E-state index is -1.21. The number of carbonyl (C=O) groups excluding carboxylic acids is 3. The molecule has 1 aromatic rings. The summed E-state index contributed by atoms with van der Waals surface area (Å²) in [5.41, 5.74) is 1.96. The van der Waals surface area contributed by atoms with Gasteiger partial charge in [-0.3, -0.25) is 15.0 Å². The average Bonchev–Trinajstić information content (AvgIpc) is 3.03. The normalized spacial score (nSPS) is 23.7. The summed E-state index contributed by atoms with van der Waals surface area (Å²) < 4.78 is 4.59. The number of ether oxygens (including phenoxy) is 1. The number of hydrogen-bond donors (Lipinski definition) is 1. The van der Waals surface area contributed by atoms with Crippen molar-refractivity contribution in [1.29, 1.82) is 0 Å². The zero-order valence-electron chi connectivity index (χ0n) is 11.6. The van der Waals surface area contributed by atoms with E-state index in [4.69, 9.17) is 11.6 Å². The van der Waals surface area contributed by atoms with Crippen molar-refractivity contribution < 1.29 is 19.1 Å². The van der Waals surface area contributed by atoms with Crippen LogP contribution in [0.5, 0.6) is 0 Å². The third kappa shape index (κ3) is 2.14. The SMILES string of the molecule is COC(=O)C1=NN[C@]2(CC(=O)N(c3ccc(Cl)cc3)C2=O)C1. The van der Waals surface area contributed by atoms with Crippen LogP contribution >= 0.6 is 11.6 Å². The average molecular weight is 322 g/mol. The van der Waals surface area contributed by atoms with E-state index in [2.05, 4.69) is 15.3 Å². The van der Waals surface area contributed by atoms with Gasteiger partial charge in [-0.25, -0.2) is 9.69 Å². The minimum Gasteiger partial charge on any atom is -0.464 e. The van der Waals surface area contributed by atoms with E-state index in [0.717, 1.165) is 4.90 Å². The van der Waals surface area contributed by atoms with Crippen LogP contribution in [0.2, 0.25) is 5.02 Å². The van der Waals surface area contributed by atoms with Gasteiger partial charge in [0.15, 0.2) is 0 Å². The maximum Gasteiger partial charge on any atom is 0.354 e. The summed E-state index contributed by atoms with van der Waals surface area (Å²) in [5, 5.41) is 4.35. The number of rotatable bonds is 2. The molecule has 1 aromatic carbocycles. The molecule has 1 N–H and O–H groups in total. The zero-order chi connectivity index (χ0) is 15.9. The lowest BCUT2D eigenvalue weighted by Gasteiger charge is -2.21. The van der Waals surface area contributed by atoms with Gasteiger partial charge < -0.3 is 4.74 Å². The number of imide groups is 1. The Morgan fingerprint density at radius 3 is 2.64 bits per heavy atom. The lowest BCUT2D eigenvalue weighted by Crippen LogP contribution is -2.47. The first-order valence-electron chi connectivity index (χ1n) is 6.52. The van der Waals surface area contributed by atoms with Gasteiger partial charge in [-0.2, -0.15) is 5.10 Å². The van der Waals surface area contributed by atoms with Crippen LogP contribution < -0.4 is 10.3 Å². The summed E-state index contributed by atoms with van der Waals surface area (Å²) in [6.45, 7) is 0. The van der Waals surface area contributed by atoms with E-state index in [-0.39, 0.29) is 24.5 Å². The van der Waals surface area contributed by atoms with Crippen molar-refractivity contribution in [2.75, 3.05) is 12.0 Å². The van der Waals surface area contributed by atoms with Crippen LogP contribution in [0.3, 0.4) is 0 Å². The molecule has 114 valence electrons.